The van der Waals surface area contributed by atoms with Crippen LogP contribution in [0.1, 0.15) is 65.6 Å². The van der Waals surface area contributed by atoms with Crippen molar-refractivity contribution in [3.8, 4) is 5.75 Å². The molecule has 4 rings (SSSR count). The van der Waals surface area contributed by atoms with Crippen LogP contribution >= 0.6 is 0 Å². The van der Waals surface area contributed by atoms with Crippen LogP contribution in [0.15, 0.2) is 30.5 Å². The van der Waals surface area contributed by atoms with Gasteiger partial charge in [0.25, 0.3) is 5.91 Å². The number of piperidine rings is 1. The predicted octanol–water partition coefficient (Wildman–Crippen LogP) is 3.66. The van der Waals surface area contributed by atoms with Gasteiger partial charge >= 0.3 is 0 Å². The van der Waals surface area contributed by atoms with E-state index in [2.05, 4.69) is 15.2 Å². The Kier molecular flexibility index (Phi) is 6.09. The maximum Gasteiger partial charge on any atom is 0.255 e. The number of methoxy groups -OCH3 is 1. The lowest BCUT2D eigenvalue weighted by atomic mass is 9.95. The molecule has 29 heavy (non-hydrogen) atoms. The number of benzene rings is 1. The van der Waals surface area contributed by atoms with Gasteiger partial charge in [-0.3, -0.25) is 9.69 Å². The molecule has 6 nitrogen and oxygen atoms in total. The van der Waals surface area contributed by atoms with Crippen LogP contribution in [-0.2, 0) is 6.54 Å². The van der Waals surface area contributed by atoms with Crippen molar-refractivity contribution < 1.29 is 9.53 Å². The Bertz CT molecular complexity index is 848. The number of ether oxygens (including phenoxy) is 1. The van der Waals surface area contributed by atoms with Crippen LogP contribution in [0.25, 0.3) is 0 Å². The molecule has 6 heteroatoms. The van der Waals surface area contributed by atoms with E-state index in [9.17, 15) is 4.79 Å². The smallest absolute Gasteiger partial charge is 0.255 e. The molecule has 1 N–H and O–H groups in total. The van der Waals surface area contributed by atoms with Gasteiger partial charge in [0.1, 0.15) is 11.6 Å². The van der Waals surface area contributed by atoms with Crippen LogP contribution in [0.3, 0.4) is 0 Å². The summed E-state index contributed by atoms with van der Waals surface area (Å²) >= 11 is 0. The standard InChI is InChI=1S/C23H30N4O2/c1-16-24-14-20(23(28)25-13-17-8-10-19(29-2)11-9-17)22(26-16)21-5-3-4-12-27(21)15-18-6-7-18/h8-11,14,18,21H,3-7,12-13,15H2,1-2H3,(H,25,28)/t21-/m1/s1. The molecule has 0 bridgehead atoms. The van der Waals surface area contributed by atoms with E-state index in [0.29, 0.717) is 12.1 Å². The zero-order chi connectivity index (χ0) is 20.2. The molecule has 2 aliphatic rings. The van der Waals surface area contributed by atoms with Gasteiger partial charge in [-0.1, -0.05) is 18.6 Å². The van der Waals surface area contributed by atoms with E-state index in [1.54, 1.807) is 13.3 Å². The van der Waals surface area contributed by atoms with Crippen LogP contribution in [-0.4, -0.2) is 41.0 Å². The van der Waals surface area contributed by atoms with Gasteiger partial charge in [0.05, 0.1) is 24.4 Å². The third-order valence-electron chi connectivity index (χ3n) is 5.91. The van der Waals surface area contributed by atoms with E-state index in [0.717, 1.165) is 48.3 Å². The Balaban J connectivity index is 1.50. The molecule has 0 unspecified atom stereocenters. The highest BCUT2D eigenvalue weighted by molar-refractivity contribution is 5.95. The van der Waals surface area contributed by atoms with Crippen molar-refractivity contribution >= 4 is 5.91 Å². The summed E-state index contributed by atoms with van der Waals surface area (Å²) in [6.07, 6.45) is 7.84. The fraction of sp³-hybridized carbons (Fsp3) is 0.522. The molecule has 154 valence electrons. The Hall–Kier alpha value is -2.47. The number of aromatic nitrogens is 2. The molecule has 1 aliphatic heterocycles. The molecular weight excluding hydrogens is 364 g/mol. The molecular formula is C23H30N4O2. The second-order valence-electron chi connectivity index (χ2n) is 8.20. The van der Waals surface area contributed by atoms with Gasteiger partial charge in [0.15, 0.2) is 0 Å². The number of aryl methyl sites for hydroxylation is 1. The fourth-order valence-electron chi connectivity index (χ4n) is 4.09. The number of likely N-dealkylation sites (tertiary alicyclic amines) is 1. The summed E-state index contributed by atoms with van der Waals surface area (Å²) in [5.74, 6) is 2.25. The van der Waals surface area contributed by atoms with E-state index < -0.39 is 0 Å². The maximum absolute atomic E-state index is 13.0. The molecule has 0 radical (unpaired) electrons. The van der Waals surface area contributed by atoms with E-state index in [4.69, 9.17) is 9.72 Å². The van der Waals surface area contributed by atoms with Crippen molar-refractivity contribution in [3.63, 3.8) is 0 Å². The predicted molar refractivity (Wildman–Crippen MR) is 112 cm³/mol. The molecule has 1 amide bonds. The Labute approximate surface area is 172 Å². The van der Waals surface area contributed by atoms with Crippen LogP contribution in [0.4, 0.5) is 0 Å². The molecule has 1 saturated carbocycles. The fourth-order valence-corrected chi connectivity index (χ4v) is 4.09. The van der Waals surface area contributed by atoms with Gasteiger partial charge < -0.3 is 10.1 Å². The summed E-state index contributed by atoms with van der Waals surface area (Å²) in [5.41, 5.74) is 2.53. The maximum atomic E-state index is 13.0. The van der Waals surface area contributed by atoms with Gasteiger partial charge in [-0.25, -0.2) is 9.97 Å². The molecule has 2 fully saturated rings. The molecule has 0 spiro atoms. The molecule has 1 aromatic heterocycles. The number of nitrogens with zero attached hydrogens (tertiary/aromatic N) is 3. The number of hydrogen-bond acceptors (Lipinski definition) is 5. The summed E-state index contributed by atoms with van der Waals surface area (Å²) in [6.45, 7) is 4.58. The number of carbonyl (C=O) groups is 1. The van der Waals surface area contributed by atoms with Crippen molar-refractivity contribution in [3.05, 3.63) is 53.1 Å². The summed E-state index contributed by atoms with van der Waals surface area (Å²) in [5, 5.41) is 3.04. The lowest BCUT2D eigenvalue weighted by Crippen LogP contribution is -2.37. The molecule has 1 saturated heterocycles. The van der Waals surface area contributed by atoms with Gasteiger partial charge in [0, 0.05) is 19.3 Å². The molecule has 1 atom stereocenters. The quantitative estimate of drug-likeness (QED) is 0.776. The van der Waals surface area contributed by atoms with Crippen LogP contribution in [0.2, 0.25) is 0 Å². The first-order chi connectivity index (χ1) is 14.1. The first-order valence-electron chi connectivity index (χ1n) is 10.6. The van der Waals surface area contributed by atoms with Crippen molar-refractivity contribution in [2.24, 2.45) is 5.92 Å². The summed E-state index contributed by atoms with van der Waals surface area (Å²) in [4.78, 5) is 24.6. The minimum atomic E-state index is -0.104. The summed E-state index contributed by atoms with van der Waals surface area (Å²) in [7, 11) is 1.65. The second-order valence-corrected chi connectivity index (χ2v) is 8.20. The number of rotatable bonds is 7. The molecule has 2 heterocycles. The van der Waals surface area contributed by atoms with Crippen molar-refractivity contribution in [1.82, 2.24) is 20.2 Å². The minimum Gasteiger partial charge on any atom is -0.497 e. The van der Waals surface area contributed by atoms with Crippen molar-refractivity contribution in [2.75, 3.05) is 20.2 Å². The Morgan fingerprint density at radius 2 is 2.00 bits per heavy atom. The largest absolute Gasteiger partial charge is 0.497 e. The lowest BCUT2D eigenvalue weighted by Gasteiger charge is -2.36. The zero-order valence-corrected chi connectivity index (χ0v) is 17.4. The SMILES string of the molecule is COc1ccc(CNC(=O)c2cnc(C)nc2[C@H]2CCCCN2CC2CC2)cc1. The van der Waals surface area contributed by atoms with Crippen molar-refractivity contribution in [2.45, 2.75) is 51.6 Å². The lowest BCUT2D eigenvalue weighted by molar-refractivity contribution is 0.0939. The number of nitrogens with one attached hydrogen (secondary N) is 1. The van der Waals surface area contributed by atoms with Gasteiger partial charge in [0.2, 0.25) is 0 Å². The van der Waals surface area contributed by atoms with E-state index in [1.165, 1.54) is 25.7 Å². The summed E-state index contributed by atoms with van der Waals surface area (Å²) in [6, 6.07) is 7.95. The highest BCUT2D eigenvalue weighted by Gasteiger charge is 2.33. The van der Waals surface area contributed by atoms with E-state index in [-0.39, 0.29) is 11.9 Å². The third kappa shape index (κ3) is 4.93. The Morgan fingerprint density at radius 1 is 1.21 bits per heavy atom. The highest BCUT2D eigenvalue weighted by atomic mass is 16.5. The van der Waals surface area contributed by atoms with Crippen LogP contribution in [0.5, 0.6) is 5.75 Å². The third-order valence-corrected chi connectivity index (χ3v) is 5.91. The Morgan fingerprint density at radius 3 is 2.72 bits per heavy atom. The van der Waals surface area contributed by atoms with E-state index >= 15 is 0 Å². The number of carbonyl (C=O) groups excluding carboxylic acids is 1. The monoisotopic (exact) mass is 394 g/mol. The molecule has 1 aliphatic carbocycles. The molecule has 1 aromatic carbocycles. The van der Waals surface area contributed by atoms with Gasteiger partial charge in [-0.05, 0) is 62.8 Å². The van der Waals surface area contributed by atoms with E-state index in [1.807, 2.05) is 31.2 Å². The summed E-state index contributed by atoms with van der Waals surface area (Å²) < 4.78 is 5.19. The van der Waals surface area contributed by atoms with Crippen LogP contribution in [0, 0.1) is 12.8 Å². The molecule has 2 aromatic rings. The highest BCUT2D eigenvalue weighted by Crippen LogP contribution is 2.37. The first-order valence-corrected chi connectivity index (χ1v) is 10.6. The minimum absolute atomic E-state index is 0.104. The second kappa shape index (κ2) is 8.91. The zero-order valence-electron chi connectivity index (χ0n) is 17.4. The van der Waals surface area contributed by atoms with Gasteiger partial charge in [-0.2, -0.15) is 0 Å². The topological polar surface area (TPSA) is 67.3 Å². The first kappa shape index (κ1) is 19.8. The normalized spacial score (nSPS) is 19.7. The average Bonchev–Trinajstić information content (AvgIpc) is 3.57. The van der Waals surface area contributed by atoms with Crippen molar-refractivity contribution in [1.29, 1.82) is 0 Å². The van der Waals surface area contributed by atoms with Crippen LogP contribution < -0.4 is 10.1 Å². The number of amides is 1. The van der Waals surface area contributed by atoms with Gasteiger partial charge in [-0.15, -0.1) is 0 Å². The average molecular weight is 395 g/mol. The number of hydrogen-bond donors (Lipinski definition) is 1.